The molecule has 5 nitrogen and oxygen atoms in total. The molecule has 0 aromatic heterocycles. The van der Waals surface area contributed by atoms with Crippen molar-refractivity contribution >= 4 is 5.91 Å². The number of carbonyl (C=O) groups is 1. The van der Waals surface area contributed by atoms with Gasteiger partial charge in [0.2, 0.25) is 5.91 Å². The van der Waals surface area contributed by atoms with Gasteiger partial charge in [-0.2, -0.15) is 0 Å². The van der Waals surface area contributed by atoms with Crippen LogP contribution in [0.2, 0.25) is 0 Å². The maximum Gasteiger partial charge on any atom is 0.234 e. The molecular weight excluding hydrogens is 232 g/mol. The topological polar surface area (TPSA) is 61.8 Å². The van der Waals surface area contributed by atoms with Crippen molar-refractivity contribution in [2.24, 2.45) is 0 Å². The lowest BCUT2D eigenvalue weighted by Crippen LogP contribution is -2.42. The smallest absolute Gasteiger partial charge is 0.234 e. The van der Waals surface area contributed by atoms with Gasteiger partial charge in [-0.1, -0.05) is 0 Å². The Balaban J connectivity index is 3.59. The highest BCUT2D eigenvalue weighted by molar-refractivity contribution is 5.77. The Hall–Kier alpha value is -0.650. The average molecular weight is 260 g/mol. The number of hydrogen-bond donors (Lipinski definition) is 2. The van der Waals surface area contributed by atoms with Crippen molar-refractivity contribution < 1.29 is 14.6 Å². The van der Waals surface area contributed by atoms with Crippen molar-refractivity contribution in [1.82, 2.24) is 10.2 Å². The monoisotopic (exact) mass is 260 g/mol. The standard InChI is InChI=1S/C13H28N2O3/c1-11(2)18-8-6-7-14-12(16)9-15(5)10-13(3,4)17/h11,17H,6-10H2,1-5H3,(H,14,16). The van der Waals surface area contributed by atoms with E-state index in [4.69, 9.17) is 4.74 Å². The normalized spacial score (nSPS) is 12.2. The van der Waals surface area contributed by atoms with Gasteiger partial charge in [0.25, 0.3) is 0 Å². The molecule has 0 aromatic rings. The maximum absolute atomic E-state index is 11.6. The van der Waals surface area contributed by atoms with Gasteiger partial charge in [-0.25, -0.2) is 0 Å². The Kier molecular flexibility index (Phi) is 8.15. The Bertz CT molecular complexity index is 237. The highest BCUT2D eigenvalue weighted by Gasteiger charge is 2.16. The van der Waals surface area contributed by atoms with Crippen LogP contribution in [0.25, 0.3) is 0 Å². The summed E-state index contributed by atoms with van der Waals surface area (Å²) in [6.07, 6.45) is 1.05. The molecule has 5 heteroatoms. The third-order valence-corrected chi connectivity index (χ3v) is 2.16. The molecule has 0 unspecified atom stereocenters. The van der Waals surface area contributed by atoms with Crippen molar-refractivity contribution in [3.8, 4) is 0 Å². The van der Waals surface area contributed by atoms with Crippen LogP contribution in [0.15, 0.2) is 0 Å². The van der Waals surface area contributed by atoms with E-state index in [2.05, 4.69) is 5.32 Å². The second-order valence-corrected chi connectivity index (χ2v) is 5.61. The fraction of sp³-hybridized carbons (Fsp3) is 0.923. The zero-order valence-electron chi connectivity index (χ0n) is 12.3. The summed E-state index contributed by atoms with van der Waals surface area (Å²) >= 11 is 0. The summed E-state index contributed by atoms with van der Waals surface area (Å²) in [5.74, 6) is -0.0219. The maximum atomic E-state index is 11.6. The Morgan fingerprint density at radius 2 is 2.06 bits per heavy atom. The summed E-state index contributed by atoms with van der Waals surface area (Å²) in [5, 5.41) is 12.4. The van der Waals surface area contributed by atoms with Crippen LogP contribution in [0.3, 0.4) is 0 Å². The number of nitrogens with one attached hydrogen (secondary N) is 1. The molecule has 0 rings (SSSR count). The predicted molar refractivity (Wildman–Crippen MR) is 72.5 cm³/mol. The first-order chi connectivity index (χ1) is 8.20. The number of ether oxygens (including phenoxy) is 1. The summed E-state index contributed by atoms with van der Waals surface area (Å²) in [6, 6.07) is 0. The van der Waals surface area contributed by atoms with E-state index in [0.717, 1.165) is 6.42 Å². The molecule has 2 N–H and O–H groups in total. The largest absolute Gasteiger partial charge is 0.389 e. The number of hydrogen-bond acceptors (Lipinski definition) is 4. The summed E-state index contributed by atoms with van der Waals surface area (Å²) < 4.78 is 5.38. The zero-order chi connectivity index (χ0) is 14.2. The summed E-state index contributed by atoms with van der Waals surface area (Å²) in [6.45, 7) is 9.49. The molecule has 108 valence electrons. The van der Waals surface area contributed by atoms with Crippen LogP contribution in [0.1, 0.15) is 34.1 Å². The van der Waals surface area contributed by atoms with Crippen LogP contribution in [0.5, 0.6) is 0 Å². The number of likely N-dealkylation sites (N-methyl/N-ethyl adjacent to an activating group) is 1. The van der Waals surface area contributed by atoms with Crippen LogP contribution in [-0.2, 0) is 9.53 Å². The molecule has 0 aliphatic rings. The van der Waals surface area contributed by atoms with Gasteiger partial charge in [0.1, 0.15) is 0 Å². The predicted octanol–water partition coefficient (Wildman–Crippen LogP) is 0.620. The van der Waals surface area contributed by atoms with E-state index < -0.39 is 5.60 Å². The van der Waals surface area contributed by atoms with Crippen LogP contribution >= 0.6 is 0 Å². The highest BCUT2D eigenvalue weighted by Crippen LogP contribution is 2.02. The molecule has 0 heterocycles. The van der Waals surface area contributed by atoms with Gasteiger partial charge in [0.05, 0.1) is 18.2 Å². The molecule has 0 atom stereocenters. The van der Waals surface area contributed by atoms with Crippen LogP contribution in [-0.4, -0.2) is 60.9 Å². The van der Waals surface area contributed by atoms with Gasteiger partial charge < -0.3 is 15.2 Å². The minimum Gasteiger partial charge on any atom is -0.389 e. The van der Waals surface area contributed by atoms with Crippen LogP contribution in [0, 0.1) is 0 Å². The molecule has 0 aromatic carbocycles. The quantitative estimate of drug-likeness (QED) is 0.597. The molecule has 0 fully saturated rings. The van der Waals surface area contributed by atoms with Gasteiger partial charge in [-0.05, 0) is 41.2 Å². The van der Waals surface area contributed by atoms with Gasteiger partial charge in [0.15, 0.2) is 0 Å². The number of aliphatic hydroxyl groups is 1. The van der Waals surface area contributed by atoms with Gasteiger partial charge in [-0.3, -0.25) is 9.69 Å². The second kappa shape index (κ2) is 8.45. The van der Waals surface area contributed by atoms with Crippen molar-refractivity contribution in [1.29, 1.82) is 0 Å². The fourth-order valence-corrected chi connectivity index (χ4v) is 1.64. The molecule has 0 bridgehead atoms. The third-order valence-electron chi connectivity index (χ3n) is 2.16. The van der Waals surface area contributed by atoms with Gasteiger partial charge >= 0.3 is 0 Å². The lowest BCUT2D eigenvalue weighted by Gasteiger charge is -2.24. The summed E-state index contributed by atoms with van der Waals surface area (Å²) in [5.41, 5.74) is -0.778. The van der Waals surface area contributed by atoms with E-state index in [0.29, 0.717) is 26.2 Å². The van der Waals surface area contributed by atoms with E-state index in [-0.39, 0.29) is 12.0 Å². The molecule has 0 spiro atoms. The SMILES string of the molecule is CC(C)OCCCNC(=O)CN(C)CC(C)(C)O. The number of carbonyl (C=O) groups excluding carboxylic acids is 1. The van der Waals surface area contributed by atoms with Gasteiger partial charge in [-0.15, -0.1) is 0 Å². The number of nitrogens with zero attached hydrogens (tertiary/aromatic N) is 1. The first kappa shape index (κ1) is 17.4. The van der Waals surface area contributed by atoms with Crippen LogP contribution in [0.4, 0.5) is 0 Å². The van der Waals surface area contributed by atoms with E-state index in [1.807, 2.05) is 20.9 Å². The number of rotatable bonds is 9. The molecule has 0 aliphatic heterocycles. The zero-order valence-corrected chi connectivity index (χ0v) is 12.3. The van der Waals surface area contributed by atoms with Crippen molar-refractivity contribution in [3.63, 3.8) is 0 Å². The van der Waals surface area contributed by atoms with Crippen molar-refractivity contribution in [2.75, 3.05) is 33.3 Å². The lowest BCUT2D eigenvalue weighted by molar-refractivity contribution is -0.122. The molecule has 0 aliphatic carbocycles. The van der Waals surface area contributed by atoms with Crippen LogP contribution < -0.4 is 5.32 Å². The number of amides is 1. The molecular formula is C13H28N2O3. The first-order valence-corrected chi connectivity index (χ1v) is 6.50. The molecule has 18 heavy (non-hydrogen) atoms. The first-order valence-electron chi connectivity index (χ1n) is 6.50. The van der Waals surface area contributed by atoms with E-state index in [1.165, 1.54) is 0 Å². The minimum atomic E-state index is -0.778. The summed E-state index contributed by atoms with van der Waals surface area (Å²) in [4.78, 5) is 13.4. The minimum absolute atomic E-state index is 0.0219. The Morgan fingerprint density at radius 3 is 2.56 bits per heavy atom. The Labute approximate surface area is 110 Å². The average Bonchev–Trinajstić information content (AvgIpc) is 2.12. The fourth-order valence-electron chi connectivity index (χ4n) is 1.64. The molecule has 1 amide bonds. The van der Waals surface area contributed by atoms with E-state index >= 15 is 0 Å². The van der Waals surface area contributed by atoms with Gasteiger partial charge in [0, 0.05) is 19.7 Å². The van der Waals surface area contributed by atoms with E-state index in [1.54, 1.807) is 18.7 Å². The van der Waals surface area contributed by atoms with E-state index in [9.17, 15) is 9.90 Å². The van der Waals surface area contributed by atoms with Crippen molar-refractivity contribution in [3.05, 3.63) is 0 Å². The highest BCUT2D eigenvalue weighted by atomic mass is 16.5. The van der Waals surface area contributed by atoms with Crippen molar-refractivity contribution in [2.45, 2.75) is 45.8 Å². The Morgan fingerprint density at radius 1 is 1.44 bits per heavy atom. The molecule has 0 radical (unpaired) electrons. The molecule has 0 saturated heterocycles. The summed E-state index contributed by atoms with van der Waals surface area (Å²) in [7, 11) is 1.82. The third kappa shape index (κ3) is 11.8. The second-order valence-electron chi connectivity index (χ2n) is 5.61. The molecule has 0 saturated carbocycles. The lowest BCUT2D eigenvalue weighted by atomic mass is 10.1.